The summed E-state index contributed by atoms with van der Waals surface area (Å²) in [4.78, 5) is 0. The van der Waals surface area contributed by atoms with E-state index in [2.05, 4.69) is 15.5 Å². The number of alkyl halides is 1. The predicted molar refractivity (Wildman–Crippen MR) is 62.4 cm³/mol. The highest BCUT2D eigenvalue weighted by molar-refractivity contribution is 7.99. The molecule has 0 amide bonds. The van der Waals surface area contributed by atoms with Gasteiger partial charge in [0.25, 0.3) is 0 Å². The van der Waals surface area contributed by atoms with E-state index >= 15 is 0 Å². The molecule has 1 aromatic heterocycles. The minimum atomic E-state index is 0.273. The molecule has 0 saturated carbocycles. The fourth-order valence-electron chi connectivity index (χ4n) is 1.56. The normalized spacial score (nSPS) is 17.9. The van der Waals surface area contributed by atoms with Crippen molar-refractivity contribution in [3.63, 3.8) is 0 Å². The quantitative estimate of drug-likeness (QED) is 0.828. The van der Waals surface area contributed by atoms with Crippen LogP contribution in [0.25, 0.3) is 0 Å². The molecule has 0 radical (unpaired) electrons. The summed E-state index contributed by atoms with van der Waals surface area (Å²) in [5.74, 6) is 4.01. The zero-order valence-corrected chi connectivity index (χ0v) is 9.98. The molecule has 84 valence electrons. The van der Waals surface area contributed by atoms with Crippen LogP contribution in [0.15, 0.2) is 4.42 Å². The molecule has 1 fully saturated rings. The van der Waals surface area contributed by atoms with Crippen LogP contribution in [0.2, 0.25) is 0 Å². The van der Waals surface area contributed by atoms with Gasteiger partial charge in [0.2, 0.25) is 5.89 Å². The second-order valence-electron chi connectivity index (χ2n) is 3.57. The Balaban J connectivity index is 1.76. The maximum Gasteiger partial charge on any atom is 0.315 e. The number of nitrogens with zero attached hydrogens (tertiary/aromatic N) is 2. The molecular weight excluding hydrogens is 234 g/mol. The minimum Gasteiger partial charge on any atom is -0.407 e. The topological polar surface area (TPSA) is 51.0 Å². The van der Waals surface area contributed by atoms with Gasteiger partial charge in [0, 0.05) is 6.54 Å². The van der Waals surface area contributed by atoms with E-state index in [1.54, 1.807) is 0 Å². The smallest absolute Gasteiger partial charge is 0.315 e. The molecule has 2 rings (SSSR count). The molecule has 1 aliphatic heterocycles. The summed E-state index contributed by atoms with van der Waals surface area (Å²) in [7, 11) is 0. The Morgan fingerprint density at radius 3 is 2.87 bits per heavy atom. The molecule has 1 N–H and O–H groups in total. The SMILES string of the molecule is ClCc1nnc(NCC2CCSCC2)o1. The number of thioether (sulfide) groups is 1. The summed E-state index contributed by atoms with van der Waals surface area (Å²) in [5, 5.41) is 10.8. The third-order valence-corrected chi connectivity index (χ3v) is 3.74. The fourth-order valence-corrected chi connectivity index (χ4v) is 2.87. The maximum absolute atomic E-state index is 5.56. The highest BCUT2D eigenvalue weighted by Crippen LogP contribution is 2.22. The summed E-state index contributed by atoms with van der Waals surface area (Å²) in [6, 6.07) is 0.490. The third kappa shape index (κ3) is 3.28. The predicted octanol–water partition coefficient (Wildman–Crippen LogP) is 2.36. The lowest BCUT2D eigenvalue weighted by Gasteiger charge is -2.20. The van der Waals surface area contributed by atoms with E-state index in [4.69, 9.17) is 16.0 Å². The highest BCUT2D eigenvalue weighted by Gasteiger charge is 2.14. The van der Waals surface area contributed by atoms with Gasteiger partial charge >= 0.3 is 6.01 Å². The molecule has 0 spiro atoms. The Kier molecular flexibility index (Phi) is 4.14. The molecule has 0 bridgehead atoms. The van der Waals surface area contributed by atoms with Gasteiger partial charge < -0.3 is 9.73 Å². The van der Waals surface area contributed by atoms with Crippen LogP contribution in [-0.2, 0) is 5.88 Å². The standard InChI is InChI=1S/C9H14ClN3OS/c10-5-8-12-13-9(14-8)11-6-7-1-3-15-4-2-7/h7H,1-6H2,(H,11,13). The van der Waals surface area contributed by atoms with Crippen LogP contribution in [0, 0.1) is 5.92 Å². The van der Waals surface area contributed by atoms with Crippen molar-refractivity contribution in [3.8, 4) is 0 Å². The Hall–Kier alpha value is -0.420. The molecule has 1 aliphatic rings. The molecule has 4 nitrogen and oxygen atoms in total. The number of halogens is 1. The van der Waals surface area contributed by atoms with Crippen LogP contribution < -0.4 is 5.32 Å². The van der Waals surface area contributed by atoms with E-state index in [-0.39, 0.29) is 5.88 Å². The van der Waals surface area contributed by atoms with Gasteiger partial charge in [-0.15, -0.1) is 16.7 Å². The summed E-state index contributed by atoms with van der Waals surface area (Å²) < 4.78 is 5.25. The van der Waals surface area contributed by atoms with Crippen molar-refractivity contribution in [2.24, 2.45) is 5.92 Å². The number of hydrogen-bond acceptors (Lipinski definition) is 5. The van der Waals surface area contributed by atoms with E-state index in [1.807, 2.05) is 11.8 Å². The summed E-state index contributed by atoms with van der Waals surface area (Å²) in [6.45, 7) is 0.921. The second-order valence-corrected chi connectivity index (χ2v) is 5.06. The Morgan fingerprint density at radius 1 is 1.40 bits per heavy atom. The first kappa shape index (κ1) is 11.1. The molecule has 0 unspecified atom stereocenters. The van der Waals surface area contributed by atoms with Crippen LogP contribution in [0.4, 0.5) is 6.01 Å². The molecule has 0 aromatic carbocycles. The van der Waals surface area contributed by atoms with Crippen LogP contribution in [0.5, 0.6) is 0 Å². The van der Waals surface area contributed by atoms with Gasteiger partial charge in [-0.3, -0.25) is 0 Å². The van der Waals surface area contributed by atoms with Crippen LogP contribution >= 0.6 is 23.4 Å². The van der Waals surface area contributed by atoms with Crippen molar-refractivity contribution >= 4 is 29.4 Å². The van der Waals surface area contributed by atoms with Gasteiger partial charge in [0.05, 0.1) is 0 Å². The molecule has 0 aliphatic carbocycles. The Morgan fingerprint density at radius 2 is 2.20 bits per heavy atom. The van der Waals surface area contributed by atoms with Crippen LogP contribution in [0.1, 0.15) is 18.7 Å². The number of rotatable bonds is 4. The summed E-state index contributed by atoms with van der Waals surface area (Å²) in [5.41, 5.74) is 0. The fraction of sp³-hybridized carbons (Fsp3) is 0.778. The summed E-state index contributed by atoms with van der Waals surface area (Å²) >= 11 is 7.59. The van der Waals surface area contributed by atoms with Crippen LogP contribution in [-0.4, -0.2) is 28.2 Å². The average molecular weight is 248 g/mol. The lowest BCUT2D eigenvalue weighted by atomic mass is 10.0. The van der Waals surface area contributed by atoms with Crippen LogP contribution in [0.3, 0.4) is 0 Å². The maximum atomic E-state index is 5.56. The monoisotopic (exact) mass is 247 g/mol. The first-order chi connectivity index (χ1) is 7.38. The van der Waals surface area contributed by atoms with Crippen molar-refractivity contribution < 1.29 is 4.42 Å². The Bertz CT molecular complexity index is 301. The largest absolute Gasteiger partial charge is 0.407 e. The average Bonchev–Trinajstić information content (AvgIpc) is 2.76. The number of nitrogens with one attached hydrogen (secondary N) is 1. The Labute approximate surface area is 98.2 Å². The van der Waals surface area contributed by atoms with Crippen molar-refractivity contribution in [1.29, 1.82) is 0 Å². The first-order valence-corrected chi connectivity index (χ1v) is 6.77. The van der Waals surface area contributed by atoms with Gasteiger partial charge in [0.15, 0.2) is 0 Å². The lowest BCUT2D eigenvalue weighted by molar-refractivity contribution is 0.489. The first-order valence-electron chi connectivity index (χ1n) is 5.08. The van der Waals surface area contributed by atoms with Gasteiger partial charge in [-0.05, 0) is 30.3 Å². The molecule has 6 heteroatoms. The van der Waals surface area contributed by atoms with Gasteiger partial charge in [-0.2, -0.15) is 11.8 Å². The lowest BCUT2D eigenvalue weighted by Crippen LogP contribution is -2.19. The van der Waals surface area contributed by atoms with Crippen molar-refractivity contribution in [3.05, 3.63) is 5.89 Å². The minimum absolute atomic E-state index is 0.273. The van der Waals surface area contributed by atoms with Crippen molar-refractivity contribution in [2.45, 2.75) is 18.7 Å². The van der Waals surface area contributed by atoms with E-state index in [0.717, 1.165) is 12.5 Å². The zero-order chi connectivity index (χ0) is 10.5. The van der Waals surface area contributed by atoms with E-state index < -0.39 is 0 Å². The molecule has 2 heterocycles. The number of aromatic nitrogens is 2. The third-order valence-electron chi connectivity index (χ3n) is 2.46. The molecule has 15 heavy (non-hydrogen) atoms. The number of anilines is 1. The van der Waals surface area contributed by atoms with Crippen molar-refractivity contribution in [1.82, 2.24) is 10.2 Å². The molecule has 1 saturated heterocycles. The molecular formula is C9H14ClN3OS. The summed E-state index contributed by atoms with van der Waals surface area (Å²) in [6.07, 6.45) is 2.54. The second kappa shape index (κ2) is 5.61. The van der Waals surface area contributed by atoms with Crippen molar-refractivity contribution in [2.75, 3.05) is 23.4 Å². The highest BCUT2D eigenvalue weighted by atomic mass is 35.5. The van der Waals surface area contributed by atoms with Gasteiger partial charge in [-0.1, -0.05) is 5.10 Å². The zero-order valence-electron chi connectivity index (χ0n) is 8.41. The molecule has 1 aromatic rings. The molecule has 0 atom stereocenters. The van der Waals surface area contributed by atoms with Gasteiger partial charge in [-0.25, -0.2) is 0 Å². The van der Waals surface area contributed by atoms with E-state index in [9.17, 15) is 0 Å². The van der Waals surface area contributed by atoms with E-state index in [0.29, 0.717) is 11.9 Å². The van der Waals surface area contributed by atoms with E-state index in [1.165, 1.54) is 24.3 Å². The van der Waals surface area contributed by atoms with Gasteiger partial charge in [0.1, 0.15) is 5.88 Å². The number of hydrogen-bond donors (Lipinski definition) is 1.